The second-order valence-electron chi connectivity index (χ2n) is 6.87. The van der Waals surface area contributed by atoms with E-state index in [1.165, 1.54) is 6.08 Å². The van der Waals surface area contributed by atoms with Gasteiger partial charge in [-0.1, -0.05) is 41.9 Å². The number of esters is 1. The summed E-state index contributed by atoms with van der Waals surface area (Å²) in [6.07, 6.45) is 3.73. The van der Waals surface area contributed by atoms with Crippen molar-refractivity contribution in [2.24, 2.45) is 0 Å². The summed E-state index contributed by atoms with van der Waals surface area (Å²) in [7, 11) is 0. The molecule has 1 saturated carbocycles. The lowest BCUT2D eigenvalue weighted by Gasteiger charge is -2.19. The van der Waals surface area contributed by atoms with Crippen molar-refractivity contribution in [3.05, 3.63) is 64.7 Å². The van der Waals surface area contributed by atoms with Crippen LogP contribution in [0.4, 0.5) is 0 Å². The highest BCUT2D eigenvalue weighted by Gasteiger charge is 2.30. The van der Waals surface area contributed by atoms with Gasteiger partial charge >= 0.3 is 5.97 Å². The van der Waals surface area contributed by atoms with Gasteiger partial charge < -0.3 is 19.5 Å². The molecule has 1 N–H and O–H groups in total. The van der Waals surface area contributed by atoms with Gasteiger partial charge in [0, 0.05) is 17.7 Å². The second kappa shape index (κ2) is 8.57. The molecule has 1 heterocycles. The van der Waals surface area contributed by atoms with Gasteiger partial charge in [0.25, 0.3) is 5.91 Å². The molecule has 2 aromatic rings. The largest absolute Gasteiger partial charge is 0.486 e. The van der Waals surface area contributed by atoms with Crippen molar-refractivity contribution in [3.8, 4) is 11.5 Å². The normalized spacial score (nSPS) is 16.3. The smallest absolute Gasteiger partial charge is 0.331 e. The minimum absolute atomic E-state index is 0.169. The number of hydrogen-bond donors (Lipinski definition) is 1. The summed E-state index contributed by atoms with van der Waals surface area (Å²) >= 11 is 6.21. The Hall–Kier alpha value is -2.99. The Balaban J connectivity index is 1.47. The van der Waals surface area contributed by atoms with E-state index in [-0.39, 0.29) is 11.9 Å². The van der Waals surface area contributed by atoms with Crippen LogP contribution in [0.25, 0.3) is 6.08 Å². The third-order valence-electron chi connectivity index (χ3n) is 4.53. The molecule has 150 valence electrons. The van der Waals surface area contributed by atoms with Crippen LogP contribution in [0, 0.1) is 0 Å². The molecule has 2 aromatic carbocycles. The van der Waals surface area contributed by atoms with Crippen molar-refractivity contribution in [2.75, 3.05) is 13.2 Å². The molecule has 1 fully saturated rings. The van der Waals surface area contributed by atoms with Gasteiger partial charge in [-0.3, -0.25) is 4.79 Å². The minimum atomic E-state index is -1.00. The first kappa shape index (κ1) is 19.3. The van der Waals surface area contributed by atoms with Crippen molar-refractivity contribution < 1.29 is 23.8 Å². The Bertz CT molecular complexity index is 940. The highest BCUT2D eigenvalue weighted by atomic mass is 35.5. The predicted octanol–water partition coefficient (Wildman–Crippen LogP) is 3.69. The van der Waals surface area contributed by atoms with E-state index < -0.39 is 12.1 Å². The first-order chi connectivity index (χ1) is 14.1. The number of carbonyl (C=O) groups excluding carboxylic acids is 2. The summed E-state index contributed by atoms with van der Waals surface area (Å²) < 4.78 is 16.5. The molecule has 0 bridgehead atoms. The number of nitrogens with one attached hydrogen (secondary N) is 1. The average molecular weight is 414 g/mol. The minimum Gasteiger partial charge on any atom is -0.486 e. The molecule has 1 atom stereocenters. The summed E-state index contributed by atoms with van der Waals surface area (Å²) in [6, 6.07) is 12.5. The Morgan fingerprint density at radius 3 is 2.66 bits per heavy atom. The predicted molar refractivity (Wildman–Crippen MR) is 108 cm³/mol. The van der Waals surface area contributed by atoms with E-state index in [4.69, 9.17) is 25.8 Å². The third kappa shape index (κ3) is 4.90. The van der Waals surface area contributed by atoms with Gasteiger partial charge in [-0.25, -0.2) is 4.79 Å². The second-order valence-corrected chi connectivity index (χ2v) is 7.28. The van der Waals surface area contributed by atoms with Gasteiger partial charge in [-0.05, 0) is 36.6 Å². The summed E-state index contributed by atoms with van der Waals surface area (Å²) in [5.41, 5.74) is 1.28. The van der Waals surface area contributed by atoms with E-state index in [0.717, 1.165) is 12.8 Å². The molecule has 0 radical (unpaired) electrons. The van der Waals surface area contributed by atoms with E-state index in [2.05, 4.69) is 5.32 Å². The van der Waals surface area contributed by atoms with Crippen molar-refractivity contribution in [2.45, 2.75) is 25.0 Å². The molecular weight excluding hydrogens is 394 g/mol. The van der Waals surface area contributed by atoms with Crippen molar-refractivity contribution in [3.63, 3.8) is 0 Å². The molecule has 0 aromatic heterocycles. The molecule has 2 aliphatic rings. The molecule has 4 rings (SSSR count). The van der Waals surface area contributed by atoms with E-state index >= 15 is 0 Å². The van der Waals surface area contributed by atoms with Crippen LogP contribution in [0.3, 0.4) is 0 Å². The van der Waals surface area contributed by atoms with Gasteiger partial charge in [0.15, 0.2) is 11.5 Å². The Labute approximate surface area is 173 Å². The third-order valence-corrected chi connectivity index (χ3v) is 4.81. The van der Waals surface area contributed by atoms with Gasteiger partial charge in [0.05, 0.1) is 5.02 Å². The fourth-order valence-corrected chi connectivity index (χ4v) is 3.23. The van der Waals surface area contributed by atoms with E-state index in [1.807, 2.05) is 6.07 Å². The molecule has 1 aliphatic heterocycles. The zero-order valence-electron chi connectivity index (χ0n) is 15.6. The van der Waals surface area contributed by atoms with Gasteiger partial charge in [0.2, 0.25) is 6.10 Å². The van der Waals surface area contributed by atoms with E-state index in [0.29, 0.717) is 40.9 Å². The molecule has 0 spiro atoms. The van der Waals surface area contributed by atoms with E-state index in [9.17, 15) is 9.59 Å². The fraction of sp³-hybridized carbons (Fsp3) is 0.273. The maximum Gasteiger partial charge on any atom is 0.331 e. The lowest BCUT2D eigenvalue weighted by molar-refractivity contribution is -0.151. The number of benzene rings is 2. The lowest BCUT2D eigenvalue weighted by atomic mass is 10.1. The molecule has 7 heteroatoms. The molecule has 0 unspecified atom stereocenters. The molecule has 1 amide bonds. The summed E-state index contributed by atoms with van der Waals surface area (Å²) in [4.78, 5) is 25.0. The highest BCUT2D eigenvalue weighted by Crippen LogP contribution is 2.38. The molecular formula is C22H20ClNO5. The van der Waals surface area contributed by atoms with Crippen LogP contribution >= 0.6 is 11.6 Å². The molecule has 6 nitrogen and oxygen atoms in total. The molecule has 29 heavy (non-hydrogen) atoms. The Kier molecular flexibility index (Phi) is 5.71. The van der Waals surface area contributed by atoms with Crippen molar-refractivity contribution in [1.29, 1.82) is 0 Å². The molecule has 1 aliphatic carbocycles. The topological polar surface area (TPSA) is 73.9 Å². The van der Waals surface area contributed by atoms with Crippen LogP contribution in [-0.4, -0.2) is 31.1 Å². The fourth-order valence-electron chi connectivity index (χ4n) is 2.95. The van der Waals surface area contributed by atoms with Crippen LogP contribution < -0.4 is 14.8 Å². The number of carbonyl (C=O) groups is 2. The van der Waals surface area contributed by atoms with Crippen molar-refractivity contribution in [1.82, 2.24) is 5.32 Å². The standard InChI is InChI=1S/C22H20ClNO5/c23-17-12-14(13-18-21(17)28-11-10-27-18)6-9-19(25)29-20(15-4-2-1-3-5-15)22(26)24-16-7-8-16/h1-6,9,12-13,16,20H,7-8,10-11H2,(H,24,26)/b9-6+/t20-/m0/s1. The number of halogens is 1. The number of amides is 1. The maximum atomic E-state index is 12.5. The van der Waals surface area contributed by atoms with Gasteiger partial charge in [-0.2, -0.15) is 0 Å². The van der Waals surface area contributed by atoms with Crippen LogP contribution in [0.2, 0.25) is 5.02 Å². The first-order valence-electron chi connectivity index (χ1n) is 9.43. The van der Waals surface area contributed by atoms with Crippen LogP contribution in [0.5, 0.6) is 11.5 Å². The number of fused-ring (bicyclic) bond motifs is 1. The van der Waals surface area contributed by atoms with Crippen molar-refractivity contribution >= 4 is 29.6 Å². The first-order valence-corrected chi connectivity index (χ1v) is 9.81. The zero-order valence-corrected chi connectivity index (χ0v) is 16.4. The Morgan fingerprint density at radius 1 is 1.14 bits per heavy atom. The summed E-state index contributed by atoms with van der Waals surface area (Å²) in [6.45, 7) is 0.880. The van der Waals surface area contributed by atoms with Crippen LogP contribution in [0.1, 0.15) is 30.1 Å². The van der Waals surface area contributed by atoms with Crippen LogP contribution in [0.15, 0.2) is 48.5 Å². The summed E-state index contributed by atoms with van der Waals surface area (Å²) in [5.74, 6) is 0.0832. The lowest BCUT2D eigenvalue weighted by Crippen LogP contribution is -2.33. The van der Waals surface area contributed by atoms with Crippen LogP contribution in [-0.2, 0) is 14.3 Å². The Morgan fingerprint density at radius 2 is 1.90 bits per heavy atom. The number of ether oxygens (including phenoxy) is 3. The summed E-state index contributed by atoms with van der Waals surface area (Å²) in [5, 5.41) is 3.29. The molecule has 0 saturated heterocycles. The van der Waals surface area contributed by atoms with Gasteiger partial charge in [0.1, 0.15) is 13.2 Å². The monoisotopic (exact) mass is 413 g/mol. The number of rotatable bonds is 6. The number of hydrogen-bond acceptors (Lipinski definition) is 5. The maximum absolute atomic E-state index is 12.5. The average Bonchev–Trinajstić information content (AvgIpc) is 3.55. The SMILES string of the molecule is O=C(/C=C/c1cc(Cl)c2c(c1)OCCO2)O[C@H](C(=O)NC1CC1)c1ccccc1. The zero-order chi connectivity index (χ0) is 20.2. The highest BCUT2D eigenvalue weighted by molar-refractivity contribution is 6.32. The van der Waals surface area contributed by atoms with Gasteiger partial charge in [-0.15, -0.1) is 0 Å². The van der Waals surface area contributed by atoms with E-state index in [1.54, 1.807) is 42.5 Å². The quantitative estimate of drug-likeness (QED) is 0.577.